The van der Waals surface area contributed by atoms with E-state index in [9.17, 15) is 4.39 Å². The summed E-state index contributed by atoms with van der Waals surface area (Å²) < 4.78 is 22.1. The maximum atomic E-state index is 13.5. The molecule has 0 aliphatic heterocycles. The van der Waals surface area contributed by atoms with Crippen molar-refractivity contribution in [2.75, 3.05) is 0 Å². The molecule has 0 atom stereocenters. The molecule has 0 saturated carbocycles. The molecule has 5 aromatic rings. The van der Waals surface area contributed by atoms with Gasteiger partial charge in [0.25, 0.3) is 0 Å². The summed E-state index contributed by atoms with van der Waals surface area (Å²) in [6.45, 7) is 0. The Bertz CT molecular complexity index is 1390. The first-order chi connectivity index (χ1) is 15.3. The predicted molar refractivity (Wildman–Crippen MR) is 125 cm³/mol. The minimum atomic E-state index is -0.227. The number of para-hydroxylation sites is 1. The van der Waals surface area contributed by atoms with Crippen molar-refractivity contribution in [1.29, 1.82) is 0 Å². The Morgan fingerprint density at radius 3 is 1.97 bits per heavy atom. The van der Waals surface area contributed by atoms with Gasteiger partial charge in [-0.1, -0.05) is 0 Å². The predicted octanol–water partition coefficient (Wildman–Crippen LogP) is 5.13. The second-order valence-corrected chi connectivity index (χ2v) is 9.25. The molecule has 4 aromatic carbocycles. The quantitative estimate of drug-likeness (QED) is 0.335. The van der Waals surface area contributed by atoms with Crippen molar-refractivity contribution in [2.45, 2.75) is 0 Å². The van der Waals surface area contributed by atoms with Gasteiger partial charge in [0, 0.05) is 0 Å². The molecule has 0 N–H and O–H groups in total. The van der Waals surface area contributed by atoms with E-state index >= 15 is 0 Å². The van der Waals surface area contributed by atoms with Crippen molar-refractivity contribution >= 4 is 40.3 Å². The SMILES string of the molecule is Fc1ccc([Se]c2c(-c3ccccc3)oc(=Nc3ccccc3)c3ccccc23)cc1. The number of fused-ring (bicyclic) bond motifs is 1. The van der Waals surface area contributed by atoms with Gasteiger partial charge in [-0.05, 0) is 0 Å². The van der Waals surface area contributed by atoms with E-state index in [0.717, 1.165) is 36.7 Å². The first-order valence-electron chi connectivity index (χ1n) is 9.92. The van der Waals surface area contributed by atoms with Crippen molar-refractivity contribution in [3.8, 4) is 11.3 Å². The third-order valence-corrected chi connectivity index (χ3v) is 7.21. The molecule has 0 radical (unpaired) electrons. The summed E-state index contributed by atoms with van der Waals surface area (Å²) in [5.74, 6) is 0.577. The van der Waals surface area contributed by atoms with Gasteiger partial charge >= 0.3 is 186 Å². The Hall–Kier alpha value is -3.46. The zero-order chi connectivity index (χ0) is 21.0. The zero-order valence-corrected chi connectivity index (χ0v) is 18.2. The molecule has 0 fully saturated rings. The molecule has 0 bridgehead atoms. The second kappa shape index (κ2) is 8.73. The van der Waals surface area contributed by atoms with Gasteiger partial charge in [-0.25, -0.2) is 0 Å². The summed E-state index contributed by atoms with van der Waals surface area (Å²) in [6, 6.07) is 34.8. The standard InChI is InChI=1S/C27H18FNOSe/c28-20-15-17-22(18-16-20)31-26-23-13-7-8-14-24(23)27(29-21-11-5-2-6-12-21)30-25(26)19-9-3-1-4-10-19/h1-18H. The van der Waals surface area contributed by atoms with Crippen molar-refractivity contribution in [1.82, 2.24) is 0 Å². The fourth-order valence-corrected chi connectivity index (χ4v) is 5.59. The Kier molecular flexibility index (Phi) is 5.49. The first-order valence-corrected chi connectivity index (χ1v) is 11.6. The molecule has 31 heavy (non-hydrogen) atoms. The molecule has 150 valence electrons. The molecule has 0 unspecified atom stereocenters. The van der Waals surface area contributed by atoms with Crippen LogP contribution in [0, 0.1) is 5.82 Å². The average molecular weight is 470 g/mol. The van der Waals surface area contributed by atoms with E-state index in [1.807, 2.05) is 91.0 Å². The van der Waals surface area contributed by atoms with E-state index in [-0.39, 0.29) is 20.8 Å². The van der Waals surface area contributed by atoms with Crippen LogP contribution in [0.15, 0.2) is 119 Å². The summed E-state index contributed by atoms with van der Waals surface area (Å²) in [5.41, 5.74) is 2.42. The maximum absolute atomic E-state index is 13.5. The zero-order valence-electron chi connectivity index (χ0n) is 16.5. The molecule has 0 aliphatic rings. The summed E-state index contributed by atoms with van der Waals surface area (Å²) >= 11 is -0.0761. The van der Waals surface area contributed by atoms with Crippen LogP contribution in [0.5, 0.6) is 0 Å². The van der Waals surface area contributed by atoms with Crippen LogP contribution in [0.4, 0.5) is 10.1 Å². The van der Waals surface area contributed by atoms with E-state index < -0.39 is 0 Å². The van der Waals surface area contributed by atoms with Crippen LogP contribution in [-0.4, -0.2) is 15.0 Å². The minimum absolute atomic E-state index is 0.0761. The third-order valence-electron chi connectivity index (χ3n) is 4.86. The van der Waals surface area contributed by atoms with Gasteiger partial charge in [0.05, 0.1) is 0 Å². The average Bonchev–Trinajstić information content (AvgIpc) is 2.83. The molecule has 0 amide bonds. The van der Waals surface area contributed by atoms with Gasteiger partial charge in [-0.2, -0.15) is 0 Å². The number of hydrogen-bond acceptors (Lipinski definition) is 2. The van der Waals surface area contributed by atoms with Gasteiger partial charge in [-0.15, -0.1) is 0 Å². The van der Waals surface area contributed by atoms with Crippen molar-refractivity contribution in [2.24, 2.45) is 4.99 Å². The van der Waals surface area contributed by atoms with Gasteiger partial charge in [-0.3, -0.25) is 0 Å². The van der Waals surface area contributed by atoms with Crippen LogP contribution in [-0.2, 0) is 0 Å². The molecule has 5 rings (SSSR count). The summed E-state index contributed by atoms with van der Waals surface area (Å²) in [5, 5.41) is 2.07. The fraction of sp³-hybridized carbons (Fsp3) is 0. The Balaban J connectivity index is 1.80. The normalized spacial score (nSPS) is 11.7. The molecule has 0 aliphatic carbocycles. The molecular formula is C27H18FNOSe. The molecule has 4 heteroatoms. The number of halogens is 1. The number of rotatable bonds is 4. The molecule has 0 saturated heterocycles. The number of nitrogens with zero attached hydrogens (tertiary/aromatic N) is 1. The van der Waals surface area contributed by atoms with Crippen LogP contribution in [0.25, 0.3) is 22.1 Å². The summed E-state index contributed by atoms with van der Waals surface area (Å²) in [7, 11) is 0. The third kappa shape index (κ3) is 4.22. The topological polar surface area (TPSA) is 25.5 Å². The van der Waals surface area contributed by atoms with Crippen LogP contribution in [0.1, 0.15) is 0 Å². The van der Waals surface area contributed by atoms with Crippen molar-refractivity contribution < 1.29 is 8.81 Å². The molecule has 0 spiro atoms. The van der Waals surface area contributed by atoms with Gasteiger partial charge in [0.1, 0.15) is 0 Å². The molecule has 1 heterocycles. The van der Waals surface area contributed by atoms with Crippen molar-refractivity contribution in [3.05, 3.63) is 121 Å². The summed E-state index contributed by atoms with van der Waals surface area (Å²) in [6.07, 6.45) is 0. The molecule has 1 aromatic heterocycles. The van der Waals surface area contributed by atoms with E-state index in [1.165, 1.54) is 12.1 Å². The van der Waals surface area contributed by atoms with Gasteiger partial charge < -0.3 is 0 Å². The summed E-state index contributed by atoms with van der Waals surface area (Å²) in [4.78, 5) is 4.81. The van der Waals surface area contributed by atoms with Crippen LogP contribution < -0.4 is 14.5 Å². The fourth-order valence-electron chi connectivity index (χ4n) is 3.39. The second-order valence-electron chi connectivity index (χ2n) is 6.98. The van der Waals surface area contributed by atoms with E-state index in [0.29, 0.717) is 5.55 Å². The monoisotopic (exact) mass is 471 g/mol. The van der Waals surface area contributed by atoms with E-state index in [1.54, 1.807) is 0 Å². The Labute approximate surface area is 185 Å². The van der Waals surface area contributed by atoms with Gasteiger partial charge in [0.15, 0.2) is 0 Å². The number of benzene rings is 4. The number of hydrogen-bond donors (Lipinski definition) is 0. The first kappa shape index (κ1) is 19.5. The van der Waals surface area contributed by atoms with Crippen LogP contribution in [0.2, 0.25) is 0 Å². The van der Waals surface area contributed by atoms with Gasteiger partial charge in [0.2, 0.25) is 0 Å². The molecular weight excluding hydrogens is 452 g/mol. The van der Waals surface area contributed by atoms with E-state index in [2.05, 4.69) is 6.07 Å². The molecule has 2 nitrogen and oxygen atoms in total. The van der Waals surface area contributed by atoms with Crippen LogP contribution in [0.3, 0.4) is 0 Å². The van der Waals surface area contributed by atoms with Crippen molar-refractivity contribution in [3.63, 3.8) is 0 Å². The Morgan fingerprint density at radius 1 is 0.645 bits per heavy atom. The van der Waals surface area contributed by atoms with E-state index in [4.69, 9.17) is 9.41 Å². The Morgan fingerprint density at radius 2 is 1.26 bits per heavy atom. The van der Waals surface area contributed by atoms with Crippen LogP contribution >= 0.6 is 0 Å².